The van der Waals surface area contributed by atoms with Crippen LogP contribution in [0.2, 0.25) is 0 Å². The standard InChI is InChI=1S/C41H42N8O3/c1-27-8-11-32(24-37(27)46-41-43-20-16-36(45-41)31-7-4-19-42-25-31)44-39(51)29-9-12-34(13-10-29)49-21-17-33(18-22-49)48(2)26-28-5-3-6-30(23-28)35-14-15-38(50)47-40(35)52/h3-13,16,19-20,23-25,33,35H,14-15,17-18,21-22,26H2,1-2H3,(H,44,51)(H,43,45,46)(H,47,50,52). The summed E-state index contributed by atoms with van der Waals surface area (Å²) < 4.78 is 0. The highest BCUT2D eigenvalue weighted by Gasteiger charge is 2.28. The number of rotatable bonds is 10. The molecule has 52 heavy (non-hydrogen) atoms. The Morgan fingerprint density at radius 2 is 1.77 bits per heavy atom. The lowest BCUT2D eigenvalue weighted by Crippen LogP contribution is -2.43. The van der Waals surface area contributed by atoms with Crippen LogP contribution >= 0.6 is 0 Å². The van der Waals surface area contributed by atoms with E-state index in [0.29, 0.717) is 36.1 Å². The van der Waals surface area contributed by atoms with Gasteiger partial charge in [-0.2, -0.15) is 0 Å². The van der Waals surface area contributed by atoms with Gasteiger partial charge >= 0.3 is 0 Å². The summed E-state index contributed by atoms with van der Waals surface area (Å²) in [6.07, 6.45) is 8.17. The zero-order valence-corrected chi connectivity index (χ0v) is 29.4. The molecule has 4 heterocycles. The average molecular weight is 695 g/mol. The second kappa shape index (κ2) is 15.5. The molecule has 11 heteroatoms. The van der Waals surface area contributed by atoms with Gasteiger partial charge in [-0.05, 0) is 105 Å². The minimum atomic E-state index is -0.273. The summed E-state index contributed by atoms with van der Waals surface area (Å²) in [4.78, 5) is 55.2. The normalized spacial score (nSPS) is 16.4. The van der Waals surface area contributed by atoms with Gasteiger partial charge in [0.05, 0.1) is 11.6 Å². The molecule has 264 valence electrons. The molecule has 0 aliphatic carbocycles. The highest BCUT2D eigenvalue weighted by atomic mass is 16.2. The highest BCUT2D eigenvalue weighted by molar-refractivity contribution is 6.04. The van der Waals surface area contributed by atoms with Crippen LogP contribution in [0.3, 0.4) is 0 Å². The van der Waals surface area contributed by atoms with E-state index in [0.717, 1.165) is 66.2 Å². The van der Waals surface area contributed by atoms with Crippen LogP contribution in [0.4, 0.5) is 23.0 Å². The van der Waals surface area contributed by atoms with Crippen LogP contribution in [0.5, 0.6) is 0 Å². The van der Waals surface area contributed by atoms with Gasteiger partial charge in [-0.1, -0.05) is 30.3 Å². The van der Waals surface area contributed by atoms with E-state index in [-0.39, 0.29) is 23.6 Å². The molecule has 0 bridgehead atoms. The summed E-state index contributed by atoms with van der Waals surface area (Å²) in [5, 5.41) is 8.80. The molecule has 0 spiro atoms. The first-order chi connectivity index (χ1) is 25.3. The van der Waals surface area contributed by atoms with E-state index in [2.05, 4.69) is 59.9 Å². The van der Waals surface area contributed by atoms with E-state index in [1.165, 1.54) is 5.56 Å². The lowest BCUT2D eigenvalue weighted by Gasteiger charge is -2.38. The van der Waals surface area contributed by atoms with Crippen molar-refractivity contribution < 1.29 is 14.4 Å². The number of amides is 3. The molecule has 3 aromatic carbocycles. The molecule has 11 nitrogen and oxygen atoms in total. The third-order valence-electron chi connectivity index (χ3n) is 9.96. The number of benzene rings is 3. The van der Waals surface area contributed by atoms with Crippen molar-refractivity contribution in [1.29, 1.82) is 0 Å². The van der Waals surface area contributed by atoms with Crippen LogP contribution in [-0.4, -0.2) is 63.8 Å². The minimum Gasteiger partial charge on any atom is -0.371 e. The van der Waals surface area contributed by atoms with Gasteiger partial charge in [0, 0.05) is 78.9 Å². The number of aryl methyl sites for hydroxylation is 1. The number of nitrogens with one attached hydrogen (secondary N) is 3. The quantitative estimate of drug-likeness (QED) is 0.141. The summed E-state index contributed by atoms with van der Waals surface area (Å²) in [6, 6.07) is 27.8. The molecule has 3 amide bonds. The molecule has 1 unspecified atom stereocenters. The van der Waals surface area contributed by atoms with Gasteiger partial charge in [-0.3, -0.25) is 29.6 Å². The van der Waals surface area contributed by atoms with E-state index in [9.17, 15) is 14.4 Å². The Bertz CT molecular complexity index is 2060. The van der Waals surface area contributed by atoms with Crippen molar-refractivity contribution in [2.75, 3.05) is 35.7 Å². The average Bonchev–Trinajstić information content (AvgIpc) is 3.17. The van der Waals surface area contributed by atoms with Crippen LogP contribution in [0, 0.1) is 6.92 Å². The number of hydrogen-bond acceptors (Lipinski definition) is 9. The summed E-state index contributed by atoms with van der Waals surface area (Å²) in [6.45, 7) is 4.62. The Morgan fingerprint density at radius 3 is 2.54 bits per heavy atom. The van der Waals surface area contributed by atoms with Gasteiger partial charge in [0.15, 0.2) is 0 Å². The van der Waals surface area contributed by atoms with E-state index >= 15 is 0 Å². The number of anilines is 4. The molecule has 1 atom stereocenters. The largest absolute Gasteiger partial charge is 0.371 e. The Hall–Kier alpha value is -5.94. The molecule has 2 aromatic heterocycles. The molecule has 2 aliphatic heterocycles. The molecule has 2 aliphatic rings. The zero-order chi connectivity index (χ0) is 36.0. The Kier molecular flexibility index (Phi) is 10.3. The van der Waals surface area contributed by atoms with Crippen molar-refractivity contribution >= 4 is 40.7 Å². The van der Waals surface area contributed by atoms with Crippen LogP contribution in [0.25, 0.3) is 11.3 Å². The number of imide groups is 1. The number of carbonyl (C=O) groups is 3. The Balaban J connectivity index is 0.916. The van der Waals surface area contributed by atoms with Gasteiger partial charge in [0.1, 0.15) is 0 Å². The van der Waals surface area contributed by atoms with Crippen molar-refractivity contribution in [3.63, 3.8) is 0 Å². The topological polar surface area (TPSA) is 132 Å². The molecule has 0 saturated carbocycles. The van der Waals surface area contributed by atoms with Gasteiger partial charge in [-0.15, -0.1) is 0 Å². The fraction of sp³-hybridized carbons (Fsp3) is 0.268. The van der Waals surface area contributed by atoms with Gasteiger partial charge in [-0.25, -0.2) is 9.97 Å². The maximum atomic E-state index is 13.3. The van der Waals surface area contributed by atoms with Crippen LogP contribution in [-0.2, 0) is 16.1 Å². The first-order valence-electron chi connectivity index (χ1n) is 17.7. The molecule has 2 fully saturated rings. The van der Waals surface area contributed by atoms with E-state index in [1.54, 1.807) is 18.6 Å². The van der Waals surface area contributed by atoms with Gasteiger partial charge in [0.25, 0.3) is 5.91 Å². The van der Waals surface area contributed by atoms with E-state index in [1.807, 2.05) is 79.7 Å². The number of nitrogens with zero attached hydrogens (tertiary/aromatic N) is 5. The van der Waals surface area contributed by atoms with Crippen LogP contribution in [0.15, 0.2) is 104 Å². The van der Waals surface area contributed by atoms with Crippen LogP contribution < -0.4 is 20.9 Å². The second-order valence-electron chi connectivity index (χ2n) is 13.5. The predicted molar refractivity (Wildman–Crippen MR) is 202 cm³/mol. The summed E-state index contributed by atoms with van der Waals surface area (Å²) in [5.41, 5.74) is 7.94. The first kappa shape index (κ1) is 34.5. The number of aromatic nitrogens is 3. The third-order valence-corrected chi connectivity index (χ3v) is 9.96. The maximum absolute atomic E-state index is 13.3. The first-order valence-corrected chi connectivity index (χ1v) is 17.7. The fourth-order valence-corrected chi connectivity index (χ4v) is 6.98. The third kappa shape index (κ3) is 8.16. The van der Waals surface area contributed by atoms with Crippen molar-refractivity contribution in [2.45, 2.75) is 51.1 Å². The number of pyridine rings is 1. The predicted octanol–water partition coefficient (Wildman–Crippen LogP) is 6.46. The summed E-state index contributed by atoms with van der Waals surface area (Å²) in [5.74, 6) is -0.394. The summed E-state index contributed by atoms with van der Waals surface area (Å²) in [7, 11) is 2.16. The van der Waals surface area contributed by atoms with Gasteiger partial charge in [0.2, 0.25) is 17.8 Å². The van der Waals surface area contributed by atoms with E-state index < -0.39 is 0 Å². The molecule has 5 aromatic rings. The molecule has 2 saturated heterocycles. The minimum absolute atomic E-state index is 0.182. The Labute approximate surface area is 303 Å². The monoisotopic (exact) mass is 694 g/mol. The smallest absolute Gasteiger partial charge is 0.255 e. The lowest BCUT2D eigenvalue weighted by molar-refractivity contribution is -0.134. The maximum Gasteiger partial charge on any atom is 0.255 e. The SMILES string of the molecule is Cc1ccc(NC(=O)c2ccc(N3CCC(N(C)Cc4cccc(C5CCC(=O)NC5=O)c4)CC3)cc2)cc1Nc1nccc(-c2cccnc2)n1. The summed E-state index contributed by atoms with van der Waals surface area (Å²) >= 11 is 0. The second-order valence-corrected chi connectivity index (χ2v) is 13.5. The fourth-order valence-electron chi connectivity index (χ4n) is 6.98. The van der Waals surface area contributed by atoms with Crippen molar-refractivity contribution in [1.82, 2.24) is 25.2 Å². The number of piperidine rings is 2. The zero-order valence-electron chi connectivity index (χ0n) is 29.4. The van der Waals surface area contributed by atoms with Crippen LogP contribution in [0.1, 0.15) is 58.6 Å². The molecule has 0 radical (unpaired) electrons. The number of carbonyl (C=O) groups excluding carboxylic acids is 3. The number of hydrogen-bond donors (Lipinski definition) is 3. The molecule has 3 N–H and O–H groups in total. The van der Waals surface area contributed by atoms with Crippen molar-refractivity contribution in [2.24, 2.45) is 0 Å². The molecular formula is C41H42N8O3. The lowest BCUT2D eigenvalue weighted by atomic mass is 9.89. The molecule has 7 rings (SSSR count). The van der Waals surface area contributed by atoms with E-state index in [4.69, 9.17) is 0 Å². The highest BCUT2D eigenvalue weighted by Crippen LogP contribution is 2.28. The Morgan fingerprint density at radius 1 is 0.942 bits per heavy atom. The molecular weight excluding hydrogens is 653 g/mol. The van der Waals surface area contributed by atoms with Gasteiger partial charge < -0.3 is 15.5 Å². The van der Waals surface area contributed by atoms with Crippen molar-refractivity contribution in [3.8, 4) is 11.3 Å². The van der Waals surface area contributed by atoms with Crippen molar-refractivity contribution in [3.05, 3.63) is 126 Å².